The van der Waals surface area contributed by atoms with E-state index in [0.29, 0.717) is 0 Å². The quantitative estimate of drug-likeness (QED) is 0.856. The molecule has 3 heteroatoms. The minimum absolute atomic E-state index is 0.00417. The Bertz CT molecular complexity index is 393. The van der Waals surface area contributed by atoms with Gasteiger partial charge in [-0.2, -0.15) is 0 Å². The molecular formula is C15H22N2O. The van der Waals surface area contributed by atoms with E-state index in [1.54, 1.807) is 0 Å². The van der Waals surface area contributed by atoms with E-state index in [9.17, 15) is 4.79 Å². The summed E-state index contributed by atoms with van der Waals surface area (Å²) in [4.78, 5) is 12.1. The Hall–Kier alpha value is -1.35. The number of aryl methyl sites for hydroxylation is 1. The van der Waals surface area contributed by atoms with Crippen molar-refractivity contribution in [3.05, 3.63) is 35.4 Å². The topological polar surface area (TPSA) is 41.1 Å². The van der Waals surface area contributed by atoms with Gasteiger partial charge in [-0.1, -0.05) is 36.8 Å². The average molecular weight is 246 g/mol. The Kier molecular flexibility index (Phi) is 4.37. The number of hydrogen-bond donors (Lipinski definition) is 2. The second kappa shape index (κ2) is 6.01. The molecular weight excluding hydrogens is 224 g/mol. The first-order valence-electron chi connectivity index (χ1n) is 6.81. The molecule has 1 aromatic rings. The maximum atomic E-state index is 12.1. The zero-order valence-electron chi connectivity index (χ0n) is 11.2. The number of carbonyl (C=O) groups is 1. The highest BCUT2D eigenvalue weighted by Gasteiger charge is 2.24. The van der Waals surface area contributed by atoms with Crippen molar-refractivity contribution in [1.29, 1.82) is 0 Å². The first-order valence-corrected chi connectivity index (χ1v) is 6.81. The van der Waals surface area contributed by atoms with E-state index in [4.69, 9.17) is 0 Å². The van der Waals surface area contributed by atoms with Crippen molar-refractivity contribution in [3.63, 3.8) is 0 Å². The van der Waals surface area contributed by atoms with Crippen LogP contribution in [0.5, 0.6) is 0 Å². The third-order valence-electron chi connectivity index (χ3n) is 3.58. The minimum Gasteiger partial charge on any atom is -0.348 e. The minimum atomic E-state index is 0.00417. The van der Waals surface area contributed by atoms with Gasteiger partial charge >= 0.3 is 0 Å². The molecule has 2 rings (SSSR count). The van der Waals surface area contributed by atoms with Crippen LogP contribution in [-0.4, -0.2) is 18.5 Å². The lowest BCUT2D eigenvalue weighted by molar-refractivity contribution is -0.123. The number of benzene rings is 1. The molecule has 1 aromatic carbocycles. The van der Waals surface area contributed by atoms with Gasteiger partial charge < -0.3 is 10.6 Å². The van der Waals surface area contributed by atoms with Gasteiger partial charge in [0.2, 0.25) is 5.91 Å². The fourth-order valence-electron chi connectivity index (χ4n) is 2.40. The SMILES string of the molecule is CCC(NC(=O)[C@@H]1CCCN1)c1ccc(C)cc1. The molecule has 0 bridgehead atoms. The average Bonchev–Trinajstić information content (AvgIpc) is 2.91. The summed E-state index contributed by atoms with van der Waals surface area (Å²) < 4.78 is 0. The molecule has 0 radical (unpaired) electrons. The predicted molar refractivity (Wildman–Crippen MR) is 73.4 cm³/mol. The zero-order valence-corrected chi connectivity index (χ0v) is 11.2. The Labute approximate surface area is 109 Å². The van der Waals surface area contributed by atoms with Crippen LogP contribution < -0.4 is 10.6 Å². The first-order chi connectivity index (χ1) is 8.70. The van der Waals surface area contributed by atoms with Gasteiger partial charge in [-0.15, -0.1) is 0 Å². The third-order valence-corrected chi connectivity index (χ3v) is 3.58. The molecule has 1 saturated heterocycles. The van der Waals surface area contributed by atoms with Gasteiger partial charge in [0, 0.05) is 0 Å². The van der Waals surface area contributed by atoms with Gasteiger partial charge in [0.05, 0.1) is 12.1 Å². The Morgan fingerprint density at radius 1 is 1.44 bits per heavy atom. The molecule has 1 aliphatic heterocycles. The summed E-state index contributed by atoms with van der Waals surface area (Å²) in [5.74, 6) is 0.139. The van der Waals surface area contributed by atoms with E-state index in [-0.39, 0.29) is 18.0 Å². The van der Waals surface area contributed by atoms with Gasteiger partial charge in [0.15, 0.2) is 0 Å². The Balaban J connectivity index is 2.00. The monoisotopic (exact) mass is 246 g/mol. The van der Waals surface area contributed by atoms with Crippen LogP contribution in [0.15, 0.2) is 24.3 Å². The van der Waals surface area contributed by atoms with Crippen LogP contribution in [0.25, 0.3) is 0 Å². The lowest BCUT2D eigenvalue weighted by Gasteiger charge is -2.20. The predicted octanol–water partition coefficient (Wildman–Crippen LogP) is 2.31. The molecule has 98 valence electrons. The van der Waals surface area contributed by atoms with Gasteiger partial charge in [0.1, 0.15) is 0 Å². The Morgan fingerprint density at radius 3 is 2.72 bits per heavy atom. The van der Waals surface area contributed by atoms with Crippen LogP contribution >= 0.6 is 0 Å². The second-order valence-electron chi connectivity index (χ2n) is 5.03. The van der Waals surface area contributed by atoms with Gasteiger partial charge in [0.25, 0.3) is 0 Å². The van der Waals surface area contributed by atoms with Crippen LogP contribution in [0, 0.1) is 6.92 Å². The maximum absolute atomic E-state index is 12.1. The molecule has 18 heavy (non-hydrogen) atoms. The molecule has 3 nitrogen and oxygen atoms in total. The Morgan fingerprint density at radius 2 is 2.17 bits per heavy atom. The molecule has 1 unspecified atom stereocenters. The lowest BCUT2D eigenvalue weighted by atomic mass is 10.0. The largest absolute Gasteiger partial charge is 0.348 e. The smallest absolute Gasteiger partial charge is 0.237 e. The van der Waals surface area contributed by atoms with Gasteiger partial charge in [-0.05, 0) is 38.3 Å². The summed E-state index contributed by atoms with van der Waals surface area (Å²) in [6, 6.07) is 8.53. The molecule has 0 spiro atoms. The van der Waals surface area contributed by atoms with Crippen LogP contribution in [0.1, 0.15) is 43.4 Å². The van der Waals surface area contributed by atoms with Crippen molar-refractivity contribution < 1.29 is 4.79 Å². The number of hydrogen-bond acceptors (Lipinski definition) is 2. The van der Waals surface area contributed by atoms with E-state index < -0.39 is 0 Å². The lowest BCUT2D eigenvalue weighted by Crippen LogP contribution is -2.41. The van der Waals surface area contributed by atoms with Crippen molar-refractivity contribution in [2.75, 3.05) is 6.54 Å². The number of rotatable bonds is 4. The summed E-state index contributed by atoms with van der Waals surface area (Å²) in [6.45, 7) is 5.14. The van der Waals surface area contributed by atoms with Crippen LogP contribution in [-0.2, 0) is 4.79 Å². The highest BCUT2D eigenvalue weighted by Crippen LogP contribution is 2.18. The van der Waals surface area contributed by atoms with Gasteiger partial charge in [-0.25, -0.2) is 0 Å². The summed E-state index contributed by atoms with van der Waals surface area (Å²) >= 11 is 0. The van der Waals surface area contributed by atoms with Crippen molar-refractivity contribution in [2.45, 2.75) is 45.2 Å². The molecule has 2 N–H and O–H groups in total. The fourth-order valence-corrected chi connectivity index (χ4v) is 2.40. The van der Waals surface area contributed by atoms with Crippen LogP contribution in [0.4, 0.5) is 0 Å². The van der Waals surface area contributed by atoms with Crippen LogP contribution in [0.2, 0.25) is 0 Å². The molecule has 1 fully saturated rings. The van der Waals surface area contributed by atoms with Crippen molar-refractivity contribution in [1.82, 2.24) is 10.6 Å². The molecule has 0 aliphatic carbocycles. The highest BCUT2D eigenvalue weighted by atomic mass is 16.2. The molecule has 1 aliphatic rings. The summed E-state index contributed by atoms with van der Waals surface area (Å²) in [6.07, 6.45) is 2.97. The highest BCUT2D eigenvalue weighted by molar-refractivity contribution is 5.82. The van der Waals surface area contributed by atoms with E-state index in [1.165, 1.54) is 11.1 Å². The second-order valence-corrected chi connectivity index (χ2v) is 5.03. The van der Waals surface area contributed by atoms with E-state index in [1.807, 2.05) is 0 Å². The van der Waals surface area contributed by atoms with E-state index in [2.05, 4.69) is 48.7 Å². The number of amides is 1. The number of nitrogens with one attached hydrogen (secondary N) is 2. The summed E-state index contributed by atoms with van der Waals surface area (Å²) in [7, 11) is 0. The molecule has 1 heterocycles. The summed E-state index contributed by atoms with van der Waals surface area (Å²) in [5, 5.41) is 6.38. The normalized spacial score (nSPS) is 20.7. The molecule has 1 amide bonds. The van der Waals surface area contributed by atoms with E-state index >= 15 is 0 Å². The zero-order chi connectivity index (χ0) is 13.0. The molecule has 0 saturated carbocycles. The van der Waals surface area contributed by atoms with Gasteiger partial charge in [-0.3, -0.25) is 4.79 Å². The molecule has 2 atom stereocenters. The fraction of sp³-hybridized carbons (Fsp3) is 0.533. The molecule has 0 aromatic heterocycles. The van der Waals surface area contributed by atoms with Crippen molar-refractivity contribution in [3.8, 4) is 0 Å². The van der Waals surface area contributed by atoms with Crippen LogP contribution in [0.3, 0.4) is 0 Å². The van der Waals surface area contributed by atoms with Crippen molar-refractivity contribution in [2.24, 2.45) is 0 Å². The third kappa shape index (κ3) is 3.10. The maximum Gasteiger partial charge on any atom is 0.237 e. The number of carbonyl (C=O) groups excluding carboxylic acids is 1. The summed E-state index contributed by atoms with van der Waals surface area (Å²) in [5.41, 5.74) is 2.44. The van der Waals surface area contributed by atoms with Crippen molar-refractivity contribution >= 4 is 5.91 Å². The van der Waals surface area contributed by atoms with E-state index in [0.717, 1.165) is 25.8 Å². The first kappa shape index (κ1) is 13.1. The standard InChI is InChI=1S/C15H22N2O/c1-3-13(12-8-6-11(2)7-9-12)17-15(18)14-5-4-10-16-14/h6-9,13-14,16H,3-5,10H2,1-2H3,(H,17,18)/t13?,14-/m0/s1.